The molecule has 0 radical (unpaired) electrons. The summed E-state index contributed by atoms with van der Waals surface area (Å²) >= 11 is 0. The average Bonchev–Trinajstić information content (AvgIpc) is 2.91. The van der Waals surface area contributed by atoms with E-state index in [9.17, 15) is 9.59 Å². The van der Waals surface area contributed by atoms with E-state index in [2.05, 4.69) is 5.32 Å². The summed E-state index contributed by atoms with van der Waals surface area (Å²) in [5, 5.41) is 2.74. The van der Waals surface area contributed by atoms with E-state index in [-0.39, 0.29) is 18.3 Å². The van der Waals surface area contributed by atoms with Crippen molar-refractivity contribution in [1.82, 2.24) is 10.2 Å². The number of ether oxygens (including phenoxy) is 3. The summed E-state index contributed by atoms with van der Waals surface area (Å²) in [7, 11) is 0. The van der Waals surface area contributed by atoms with Crippen LogP contribution in [0.4, 0.5) is 9.59 Å². The van der Waals surface area contributed by atoms with Crippen LogP contribution >= 0.6 is 0 Å². The van der Waals surface area contributed by atoms with Gasteiger partial charge in [-0.3, -0.25) is 0 Å². The predicted octanol–water partition coefficient (Wildman–Crippen LogP) is 1.66. The van der Waals surface area contributed by atoms with Crippen LogP contribution < -0.4 is 5.32 Å². The third kappa shape index (κ3) is 3.03. The predicted molar refractivity (Wildman–Crippen MR) is 83.3 cm³/mol. The number of hydrogen-bond acceptors (Lipinski definition) is 5. The van der Waals surface area contributed by atoms with Gasteiger partial charge >= 0.3 is 12.2 Å². The molecule has 4 rings (SSSR count). The fourth-order valence-corrected chi connectivity index (χ4v) is 3.23. The number of carbonyl (C=O) groups is 2. The van der Waals surface area contributed by atoms with Gasteiger partial charge in [-0.05, 0) is 5.56 Å². The number of nitrogens with zero attached hydrogens (tertiary/aromatic N) is 1. The van der Waals surface area contributed by atoms with Gasteiger partial charge in [-0.25, -0.2) is 9.59 Å². The van der Waals surface area contributed by atoms with Gasteiger partial charge in [0, 0.05) is 12.8 Å². The zero-order valence-corrected chi connectivity index (χ0v) is 13.3. The molecule has 1 saturated carbocycles. The van der Waals surface area contributed by atoms with Crippen LogP contribution in [-0.2, 0) is 20.8 Å². The second-order valence-corrected chi connectivity index (χ2v) is 6.73. The minimum absolute atomic E-state index is 0.0794. The number of benzene rings is 1. The van der Waals surface area contributed by atoms with E-state index in [0.29, 0.717) is 26.3 Å². The van der Waals surface area contributed by atoms with Gasteiger partial charge < -0.3 is 24.4 Å². The minimum Gasteiger partial charge on any atom is -0.447 e. The number of hydrogen-bond donors (Lipinski definition) is 1. The smallest absolute Gasteiger partial charge is 0.410 e. The van der Waals surface area contributed by atoms with Gasteiger partial charge in [0.2, 0.25) is 0 Å². The summed E-state index contributed by atoms with van der Waals surface area (Å²) in [6, 6.07) is 10.0. The molecule has 0 bridgehead atoms. The molecule has 7 heteroatoms. The summed E-state index contributed by atoms with van der Waals surface area (Å²) in [6.07, 6.45) is 0.792. The van der Waals surface area contributed by atoms with Gasteiger partial charge in [-0.1, -0.05) is 30.3 Å². The highest BCUT2D eigenvalue weighted by molar-refractivity contribution is 5.74. The molecule has 0 aromatic heterocycles. The first kappa shape index (κ1) is 15.3. The number of amides is 2. The fourth-order valence-electron chi connectivity index (χ4n) is 3.23. The molecule has 3 fully saturated rings. The van der Waals surface area contributed by atoms with Crippen LogP contribution in [0.1, 0.15) is 18.4 Å². The first-order valence-electron chi connectivity index (χ1n) is 8.18. The third-order valence-corrected chi connectivity index (χ3v) is 4.74. The number of rotatable bonds is 4. The molecule has 0 atom stereocenters. The van der Waals surface area contributed by atoms with Crippen molar-refractivity contribution in [3.05, 3.63) is 35.9 Å². The normalized spacial score (nSPS) is 27.0. The Morgan fingerprint density at radius 1 is 1.25 bits per heavy atom. The second-order valence-electron chi connectivity index (χ2n) is 6.73. The summed E-state index contributed by atoms with van der Waals surface area (Å²) in [4.78, 5) is 24.7. The van der Waals surface area contributed by atoms with Gasteiger partial charge in [0.15, 0.2) is 0 Å². The Morgan fingerprint density at radius 3 is 2.67 bits per heavy atom. The number of carbonyl (C=O) groups excluding carboxylic acids is 2. The molecule has 2 aliphatic heterocycles. The van der Waals surface area contributed by atoms with Crippen LogP contribution in [0.15, 0.2) is 30.3 Å². The molecule has 2 amide bonds. The van der Waals surface area contributed by atoms with Gasteiger partial charge in [-0.2, -0.15) is 0 Å². The highest BCUT2D eigenvalue weighted by Gasteiger charge is 2.52. The highest BCUT2D eigenvalue weighted by Crippen LogP contribution is 2.30. The Bertz CT molecular complexity index is 623. The van der Waals surface area contributed by atoms with E-state index in [1.54, 1.807) is 4.90 Å². The Labute approximate surface area is 139 Å². The molecule has 7 nitrogen and oxygen atoms in total. The molecule has 1 aromatic rings. The molecule has 2 saturated heterocycles. The van der Waals surface area contributed by atoms with E-state index in [4.69, 9.17) is 14.2 Å². The van der Waals surface area contributed by atoms with Gasteiger partial charge in [0.1, 0.15) is 18.2 Å². The third-order valence-electron chi connectivity index (χ3n) is 4.74. The van der Waals surface area contributed by atoms with Crippen molar-refractivity contribution in [2.45, 2.75) is 37.2 Å². The Kier molecular flexibility index (Phi) is 3.80. The van der Waals surface area contributed by atoms with Crippen LogP contribution in [0.2, 0.25) is 0 Å². The average molecular weight is 332 g/mol. The lowest BCUT2D eigenvalue weighted by Gasteiger charge is -2.46. The topological polar surface area (TPSA) is 77.1 Å². The van der Waals surface area contributed by atoms with E-state index >= 15 is 0 Å². The molecule has 3 aliphatic rings. The van der Waals surface area contributed by atoms with Crippen molar-refractivity contribution in [3.63, 3.8) is 0 Å². The van der Waals surface area contributed by atoms with Gasteiger partial charge in [-0.15, -0.1) is 0 Å². The van der Waals surface area contributed by atoms with Crippen molar-refractivity contribution in [1.29, 1.82) is 0 Å². The van der Waals surface area contributed by atoms with E-state index in [1.165, 1.54) is 0 Å². The quantitative estimate of drug-likeness (QED) is 0.907. The minimum atomic E-state index is -0.416. The van der Waals surface area contributed by atoms with E-state index < -0.39 is 11.6 Å². The molecule has 1 spiro atoms. The molecule has 1 N–H and O–H groups in total. The molecular formula is C17H20N2O5. The second kappa shape index (κ2) is 5.98. The Morgan fingerprint density at radius 2 is 2.00 bits per heavy atom. The monoisotopic (exact) mass is 332 g/mol. The Balaban J connectivity index is 1.14. The highest BCUT2D eigenvalue weighted by atomic mass is 16.6. The standard InChI is InChI=1S/C17H20N2O5/c20-15-18-17(11-23-15)9-19(10-17)16(21)24-14-6-13(7-14)22-8-12-4-2-1-3-5-12/h1-5,13-14H,6-11H2,(H,18,20). The van der Waals surface area contributed by atoms with Crippen LogP contribution in [0.25, 0.3) is 0 Å². The maximum atomic E-state index is 12.0. The lowest BCUT2D eigenvalue weighted by atomic mass is 9.91. The summed E-state index contributed by atoms with van der Waals surface area (Å²) < 4.78 is 16.1. The number of alkyl carbamates (subject to hydrolysis) is 1. The number of nitrogens with one attached hydrogen (secondary N) is 1. The Hall–Kier alpha value is -2.28. The van der Waals surface area contributed by atoms with Crippen molar-refractivity contribution in [3.8, 4) is 0 Å². The molecule has 1 aliphatic carbocycles. The summed E-state index contributed by atoms with van der Waals surface area (Å²) in [5.74, 6) is 0. The molecular weight excluding hydrogens is 312 g/mol. The van der Waals surface area contributed by atoms with Gasteiger partial charge in [0.25, 0.3) is 0 Å². The van der Waals surface area contributed by atoms with E-state index in [0.717, 1.165) is 18.4 Å². The maximum absolute atomic E-state index is 12.0. The van der Waals surface area contributed by atoms with Crippen molar-refractivity contribution < 1.29 is 23.8 Å². The zero-order valence-electron chi connectivity index (χ0n) is 13.3. The first-order valence-corrected chi connectivity index (χ1v) is 8.18. The molecule has 2 heterocycles. The van der Waals surface area contributed by atoms with Crippen molar-refractivity contribution >= 4 is 12.2 Å². The SMILES string of the molecule is O=C1NC2(CO1)CN(C(=O)OC1CC(OCc3ccccc3)C1)C2. The van der Waals surface area contributed by atoms with Crippen molar-refractivity contribution in [2.24, 2.45) is 0 Å². The largest absolute Gasteiger partial charge is 0.447 e. The fraction of sp³-hybridized carbons (Fsp3) is 0.529. The van der Waals surface area contributed by atoms with E-state index in [1.807, 2.05) is 30.3 Å². The summed E-state index contributed by atoms with van der Waals surface area (Å²) in [5.41, 5.74) is 0.737. The lowest BCUT2D eigenvalue weighted by molar-refractivity contribution is -0.0928. The van der Waals surface area contributed by atoms with Crippen LogP contribution in [0, 0.1) is 0 Å². The number of cyclic esters (lactones) is 1. The molecule has 128 valence electrons. The molecule has 0 unspecified atom stereocenters. The zero-order chi connectivity index (χ0) is 16.6. The van der Waals surface area contributed by atoms with Crippen LogP contribution in [0.3, 0.4) is 0 Å². The maximum Gasteiger partial charge on any atom is 0.410 e. The number of likely N-dealkylation sites (tertiary alicyclic amines) is 1. The molecule has 1 aromatic carbocycles. The van der Waals surface area contributed by atoms with Crippen LogP contribution in [-0.4, -0.2) is 54.5 Å². The van der Waals surface area contributed by atoms with Crippen LogP contribution in [0.5, 0.6) is 0 Å². The van der Waals surface area contributed by atoms with Crippen molar-refractivity contribution in [2.75, 3.05) is 19.7 Å². The summed E-state index contributed by atoms with van der Waals surface area (Å²) in [6.45, 7) is 1.78. The lowest BCUT2D eigenvalue weighted by Crippen LogP contribution is -2.70. The van der Waals surface area contributed by atoms with Gasteiger partial charge in [0.05, 0.1) is 25.8 Å². The molecule has 24 heavy (non-hydrogen) atoms. The first-order chi connectivity index (χ1) is 11.6.